The summed E-state index contributed by atoms with van der Waals surface area (Å²) in [5.41, 5.74) is 2.52. The Morgan fingerprint density at radius 1 is 1.18 bits per heavy atom. The molecule has 3 atom stereocenters. The van der Waals surface area contributed by atoms with E-state index in [2.05, 4.69) is 60.5 Å². The second-order valence-electron chi connectivity index (χ2n) is 13.6. The van der Waals surface area contributed by atoms with Crippen molar-refractivity contribution in [2.24, 2.45) is 5.41 Å². The van der Waals surface area contributed by atoms with E-state index in [0.717, 1.165) is 17.7 Å². The third kappa shape index (κ3) is 5.38. The summed E-state index contributed by atoms with van der Waals surface area (Å²) in [6, 6.07) is 5.65. The molecule has 13 heteroatoms. The van der Waals surface area contributed by atoms with Crippen molar-refractivity contribution in [3.63, 3.8) is 0 Å². The maximum atomic E-state index is 13.2. The molecular weight excluding hydrogens is 502 g/mol. The number of allylic oxidation sites excluding steroid dienone is 2. The summed E-state index contributed by atoms with van der Waals surface area (Å²) >= 11 is 0. The van der Waals surface area contributed by atoms with Crippen LogP contribution in [0.1, 0.15) is 87.5 Å². The number of aromatic amines is 1. The summed E-state index contributed by atoms with van der Waals surface area (Å²) < 4.78 is 6.02. The number of aliphatic carboxylic acids is 1. The first kappa shape index (κ1) is 29.7. The van der Waals surface area contributed by atoms with Crippen LogP contribution in [-0.4, -0.2) is 74.5 Å². The van der Waals surface area contributed by atoms with Crippen molar-refractivity contribution in [2.75, 3.05) is 5.32 Å². The number of hydrogen-bond acceptors (Lipinski definition) is 6. The van der Waals surface area contributed by atoms with Crippen LogP contribution in [0.4, 0.5) is 5.69 Å². The Kier molecular flexibility index (Phi) is 7.42. The lowest BCUT2D eigenvalue weighted by Crippen LogP contribution is -2.51. The maximum absolute atomic E-state index is 13.2. The summed E-state index contributed by atoms with van der Waals surface area (Å²) in [4.78, 5) is 37.4. The van der Waals surface area contributed by atoms with Crippen molar-refractivity contribution in [2.45, 2.75) is 82.0 Å². The Labute approximate surface area is 239 Å². The molecule has 3 unspecified atom stereocenters. The minimum absolute atomic E-state index is 0.0399. The fourth-order valence-electron chi connectivity index (χ4n) is 7.01. The number of hydrogen-bond donors (Lipinski definition) is 3. The average Bonchev–Trinajstić information content (AvgIpc) is 3.31. The van der Waals surface area contributed by atoms with Gasteiger partial charge in [-0.2, -0.15) is 5.26 Å². The van der Waals surface area contributed by atoms with Crippen LogP contribution in [-0.2, 0) is 9.53 Å². The number of nitrogens with one attached hydrogen (secondary N) is 2. The highest BCUT2D eigenvalue weighted by Crippen LogP contribution is 2.60. The lowest BCUT2D eigenvalue weighted by molar-refractivity contribution is -0.200. The number of H-pyrrole nitrogens is 1. The Morgan fingerprint density at radius 2 is 1.85 bits per heavy atom. The molecule has 1 aliphatic heterocycles. The summed E-state index contributed by atoms with van der Waals surface area (Å²) in [5.74, 6) is -1.26. The van der Waals surface area contributed by atoms with E-state index in [9.17, 15) is 14.7 Å². The summed E-state index contributed by atoms with van der Waals surface area (Å²) in [6.45, 7) is 10.0. The van der Waals surface area contributed by atoms with Crippen molar-refractivity contribution >= 4 is 54.5 Å². The van der Waals surface area contributed by atoms with Gasteiger partial charge in [-0.3, -0.25) is 9.78 Å². The molecule has 1 aliphatic carbocycles. The Hall–Kier alpha value is -3.25. The average molecular weight is 539 g/mol. The van der Waals surface area contributed by atoms with Gasteiger partial charge in [-0.25, -0.2) is 9.78 Å². The highest BCUT2D eigenvalue weighted by molar-refractivity contribution is 6.52. The largest absolute Gasteiger partial charge is 0.479 e. The number of carboxylic acids is 1. The molecule has 40 heavy (non-hydrogen) atoms. The van der Waals surface area contributed by atoms with Crippen molar-refractivity contribution in [1.82, 2.24) is 15.0 Å². The van der Waals surface area contributed by atoms with Gasteiger partial charge in [0.25, 0.3) is 5.91 Å². The van der Waals surface area contributed by atoms with Gasteiger partial charge in [0.15, 0.2) is 17.1 Å². The third-order valence-corrected chi connectivity index (χ3v) is 9.10. The van der Waals surface area contributed by atoms with Gasteiger partial charge in [-0.05, 0) is 63.2 Å². The molecule has 2 aliphatic rings. The van der Waals surface area contributed by atoms with E-state index in [1.165, 1.54) is 11.7 Å². The molecule has 0 aromatic carbocycles. The molecule has 0 radical (unpaired) electrons. The zero-order valence-corrected chi connectivity index (χ0v) is 25.0. The number of pyridine rings is 1. The Bertz CT molecular complexity index is 1440. The van der Waals surface area contributed by atoms with E-state index in [-0.39, 0.29) is 34.5 Å². The van der Waals surface area contributed by atoms with E-state index in [1.54, 1.807) is 6.92 Å². The van der Waals surface area contributed by atoms with Crippen molar-refractivity contribution in [1.29, 1.82) is 5.26 Å². The monoisotopic (exact) mass is 539 g/mol. The van der Waals surface area contributed by atoms with Crippen molar-refractivity contribution < 1.29 is 19.4 Å². The van der Waals surface area contributed by atoms with Crippen LogP contribution < -0.4 is 5.32 Å². The molecule has 4 rings (SSSR count). The van der Waals surface area contributed by atoms with E-state index in [1.807, 2.05) is 32.0 Å². The summed E-state index contributed by atoms with van der Waals surface area (Å²) in [5, 5.41) is 21.8. The lowest BCUT2D eigenvalue weighted by Gasteiger charge is -2.50. The molecule has 0 saturated carbocycles. The Balaban J connectivity index is 1.86. The number of carboxylic acid groups (broad SMARTS) is 1. The second kappa shape index (κ2) is 9.99. The van der Waals surface area contributed by atoms with Gasteiger partial charge in [0.05, 0.1) is 17.0 Å². The van der Waals surface area contributed by atoms with Crippen LogP contribution in [0.3, 0.4) is 0 Å². The van der Waals surface area contributed by atoms with Gasteiger partial charge in [0, 0.05) is 17.8 Å². The molecule has 9 nitrogen and oxygen atoms in total. The minimum atomic E-state index is -1.34. The number of anilines is 1. The van der Waals surface area contributed by atoms with E-state index in [4.69, 9.17) is 15.0 Å². The van der Waals surface area contributed by atoms with E-state index in [0.29, 0.717) is 23.6 Å². The number of ether oxygens (including phenoxy) is 1. The minimum Gasteiger partial charge on any atom is -0.479 e. The number of carbonyl (C=O) groups is 2. The van der Waals surface area contributed by atoms with E-state index < -0.39 is 23.1 Å². The topological polar surface area (TPSA) is 141 Å². The fourth-order valence-corrected chi connectivity index (χ4v) is 7.01. The molecule has 2 aromatic heterocycles. The third-order valence-electron chi connectivity index (χ3n) is 9.10. The SMILES string of the molecule is BC1=C(c2nc(C3CC(C)(C)OC(C)(C(=O)O)C3)ccc2NC(=O)c2nc(C#N)c[nH]2)C(B)(B)C(B)C(C)(C)C1. The number of amides is 1. The van der Waals surface area contributed by atoms with Crippen LogP contribution in [0.15, 0.2) is 23.8 Å². The molecule has 0 spiro atoms. The predicted octanol–water partition coefficient (Wildman–Crippen LogP) is 1.02. The van der Waals surface area contributed by atoms with Crippen LogP contribution in [0, 0.1) is 16.7 Å². The number of nitrogens with zero attached hydrogens (tertiary/aromatic N) is 3. The highest BCUT2D eigenvalue weighted by Gasteiger charge is 2.49. The molecule has 0 bridgehead atoms. The van der Waals surface area contributed by atoms with Gasteiger partial charge in [-0.1, -0.05) is 24.9 Å². The molecule has 1 saturated heterocycles. The lowest BCUT2D eigenvalue weighted by atomic mass is 9.32. The molecule has 1 fully saturated rings. The molecular formula is C27H37B4N5O4. The maximum Gasteiger partial charge on any atom is 0.335 e. The molecule has 3 N–H and O–H groups in total. The number of aromatic nitrogens is 3. The fraction of sp³-hybridized carbons (Fsp3) is 0.519. The van der Waals surface area contributed by atoms with Gasteiger partial charge in [0.1, 0.15) is 37.5 Å². The first-order valence-electron chi connectivity index (χ1n) is 13.8. The first-order chi connectivity index (χ1) is 18.4. The number of nitriles is 1. The summed E-state index contributed by atoms with van der Waals surface area (Å²) in [7, 11) is 8.85. The number of rotatable bonds is 5. The summed E-state index contributed by atoms with van der Waals surface area (Å²) in [6.07, 6.45) is 3.18. The molecule has 206 valence electrons. The van der Waals surface area contributed by atoms with Crippen LogP contribution >= 0.6 is 0 Å². The van der Waals surface area contributed by atoms with Gasteiger partial charge >= 0.3 is 5.97 Å². The second-order valence-corrected chi connectivity index (χ2v) is 13.6. The van der Waals surface area contributed by atoms with E-state index >= 15 is 0 Å². The van der Waals surface area contributed by atoms with Gasteiger partial charge in [-0.15, -0.1) is 5.47 Å². The van der Waals surface area contributed by atoms with Gasteiger partial charge in [0.2, 0.25) is 0 Å². The normalized spacial score (nSPS) is 27.0. The quantitative estimate of drug-likeness (QED) is 0.483. The zero-order chi connectivity index (χ0) is 29.8. The molecule has 1 amide bonds. The Morgan fingerprint density at radius 3 is 2.45 bits per heavy atom. The predicted molar refractivity (Wildman–Crippen MR) is 165 cm³/mol. The number of imidazole rings is 1. The first-order valence-corrected chi connectivity index (χ1v) is 13.8. The molecule has 3 heterocycles. The van der Waals surface area contributed by atoms with Crippen molar-refractivity contribution in [3.8, 4) is 6.07 Å². The standard InChI is InChI=1S/C27H37B4N5O4/c1-24(2)10-15(28)18(27(30,31)22(24)29)19-17(36-21(37)20-33-12-14(11-32)34-20)7-6-16(35-19)13-8-25(3,4)40-26(5,9-13)23(38)39/h6-7,12-13,22H,8-10,28-31H2,1-5H3,(H,33,34)(H,36,37)(H,38,39). The van der Waals surface area contributed by atoms with Crippen LogP contribution in [0.5, 0.6) is 0 Å². The molecule has 2 aromatic rings. The smallest absolute Gasteiger partial charge is 0.335 e. The van der Waals surface area contributed by atoms with Crippen molar-refractivity contribution in [3.05, 3.63) is 46.7 Å². The van der Waals surface area contributed by atoms with Crippen LogP contribution in [0.2, 0.25) is 11.0 Å². The number of carbonyl (C=O) groups excluding carboxylic acids is 1. The van der Waals surface area contributed by atoms with Gasteiger partial charge < -0.3 is 20.1 Å². The van der Waals surface area contributed by atoms with Crippen LogP contribution in [0.25, 0.3) is 5.57 Å². The zero-order valence-electron chi connectivity index (χ0n) is 25.0. The highest BCUT2D eigenvalue weighted by atomic mass is 16.5.